The fourth-order valence-corrected chi connectivity index (χ4v) is 2.78. The number of hydrogen-bond acceptors (Lipinski definition) is 3. The Kier molecular flexibility index (Phi) is 3.39. The first-order valence-electron chi connectivity index (χ1n) is 4.99. The van der Waals surface area contributed by atoms with Crippen LogP contribution in [0.4, 0.5) is 5.69 Å². The standard InChI is InChI=1S/C11H17NO2S/c1-4-9(3)15(13,14)10-5-6-11(12)8(2)7-10/h5-7,9H,4,12H2,1-3H3. The summed E-state index contributed by atoms with van der Waals surface area (Å²) in [6.45, 7) is 5.40. The SMILES string of the molecule is CCC(C)S(=O)(=O)c1ccc(N)c(C)c1. The molecule has 0 saturated heterocycles. The van der Waals surface area contributed by atoms with Gasteiger partial charge in [-0.15, -0.1) is 0 Å². The van der Waals surface area contributed by atoms with Crippen LogP contribution < -0.4 is 5.73 Å². The maximum atomic E-state index is 12.0. The lowest BCUT2D eigenvalue weighted by Crippen LogP contribution is -2.17. The molecule has 0 spiro atoms. The van der Waals surface area contributed by atoms with Gasteiger partial charge in [-0.1, -0.05) is 6.92 Å². The van der Waals surface area contributed by atoms with Gasteiger partial charge in [-0.2, -0.15) is 0 Å². The second kappa shape index (κ2) is 4.23. The highest BCUT2D eigenvalue weighted by Gasteiger charge is 2.21. The van der Waals surface area contributed by atoms with E-state index in [1.54, 1.807) is 25.1 Å². The van der Waals surface area contributed by atoms with Crippen LogP contribution >= 0.6 is 0 Å². The minimum absolute atomic E-state index is 0.347. The first-order valence-corrected chi connectivity index (χ1v) is 6.54. The van der Waals surface area contributed by atoms with E-state index in [-0.39, 0.29) is 5.25 Å². The minimum atomic E-state index is -3.18. The third-order valence-corrected chi connectivity index (χ3v) is 4.98. The van der Waals surface area contributed by atoms with E-state index in [0.29, 0.717) is 17.0 Å². The lowest BCUT2D eigenvalue weighted by Gasteiger charge is -2.11. The number of nitrogens with two attached hydrogens (primary N) is 1. The van der Waals surface area contributed by atoms with E-state index in [1.807, 2.05) is 13.8 Å². The molecule has 0 amide bonds. The molecule has 0 aliphatic heterocycles. The first-order chi connectivity index (χ1) is 6.89. The predicted octanol–water partition coefficient (Wildman–Crippen LogP) is 2.15. The van der Waals surface area contributed by atoms with E-state index < -0.39 is 9.84 Å². The van der Waals surface area contributed by atoms with Crippen LogP contribution in [0.3, 0.4) is 0 Å². The van der Waals surface area contributed by atoms with E-state index in [4.69, 9.17) is 5.73 Å². The Hall–Kier alpha value is -1.03. The maximum absolute atomic E-state index is 12.0. The minimum Gasteiger partial charge on any atom is -0.399 e. The Labute approximate surface area is 91.2 Å². The molecule has 15 heavy (non-hydrogen) atoms. The van der Waals surface area contributed by atoms with Crippen LogP contribution in [0, 0.1) is 6.92 Å². The number of benzene rings is 1. The zero-order chi connectivity index (χ0) is 11.6. The van der Waals surface area contributed by atoms with E-state index in [2.05, 4.69) is 0 Å². The number of hydrogen-bond donors (Lipinski definition) is 1. The van der Waals surface area contributed by atoms with E-state index in [1.165, 1.54) is 0 Å². The number of nitrogen functional groups attached to an aromatic ring is 1. The third-order valence-electron chi connectivity index (χ3n) is 2.67. The van der Waals surface area contributed by atoms with Crippen molar-refractivity contribution in [2.45, 2.75) is 37.3 Å². The van der Waals surface area contributed by atoms with Gasteiger partial charge in [0.25, 0.3) is 0 Å². The quantitative estimate of drug-likeness (QED) is 0.805. The van der Waals surface area contributed by atoms with Crippen LogP contribution in [0.15, 0.2) is 23.1 Å². The Morgan fingerprint density at radius 2 is 2.00 bits per heavy atom. The van der Waals surface area contributed by atoms with Crippen molar-refractivity contribution in [2.24, 2.45) is 0 Å². The first kappa shape index (κ1) is 12.0. The van der Waals surface area contributed by atoms with Gasteiger partial charge in [0.2, 0.25) is 0 Å². The van der Waals surface area contributed by atoms with Crippen LogP contribution in [0.5, 0.6) is 0 Å². The fraction of sp³-hybridized carbons (Fsp3) is 0.455. The van der Waals surface area contributed by atoms with E-state index in [9.17, 15) is 8.42 Å². The predicted molar refractivity (Wildman–Crippen MR) is 62.5 cm³/mol. The summed E-state index contributed by atoms with van der Waals surface area (Å²) >= 11 is 0. The summed E-state index contributed by atoms with van der Waals surface area (Å²) in [4.78, 5) is 0.364. The Balaban J connectivity index is 3.23. The molecule has 0 heterocycles. The Morgan fingerprint density at radius 3 is 2.47 bits per heavy atom. The molecule has 1 aromatic carbocycles. The molecule has 1 aromatic rings. The summed E-state index contributed by atoms with van der Waals surface area (Å²) in [5, 5.41) is -0.347. The normalized spacial score (nSPS) is 13.8. The molecule has 4 heteroatoms. The maximum Gasteiger partial charge on any atom is 0.180 e. The zero-order valence-electron chi connectivity index (χ0n) is 9.32. The molecule has 84 valence electrons. The summed E-state index contributed by atoms with van der Waals surface area (Å²) in [6.07, 6.45) is 0.617. The van der Waals surface area contributed by atoms with Crippen molar-refractivity contribution in [3.05, 3.63) is 23.8 Å². The van der Waals surface area contributed by atoms with Crippen LogP contribution in [0.1, 0.15) is 25.8 Å². The molecule has 0 saturated carbocycles. The lowest BCUT2D eigenvalue weighted by atomic mass is 10.2. The summed E-state index contributed by atoms with van der Waals surface area (Å²) in [7, 11) is -3.18. The molecule has 2 N–H and O–H groups in total. The van der Waals surface area contributed by atoms with Crippen molar-refractivity contribution in [3.8, 4) is 0 Å². The second-order valence-electron chi connectivity index (χ2n) is 3.78. The smallest absolute Gasteiger partial charge is 0.180 e. The molecular weight excluding hydrogens is 210 g/mol. The van der Waals surface area contributed by atoms with Crippen molar-refractivity contribution in [2.75, 3.05) is 5.73 Å². The molecule has 1 unspecified atom stereocenters. The van der Waals surface area contributed by atoms with Gasteiger partial charge < -0.3 is 5.73 Å². The van der Waals surface area contributed by atoms with Gasteiger partial charge >= 0.3 is 0 Å². The van der Waals surface area contributed by atoms with Gasteiger partial charge in [-0.3, -0.25) is 0 Å². The Morgan fingerprint density at radius 1 is 1.40 bits per heavy atom. The molecular formula is C11H17NO2S. The molecule has 0 radical (unpaired) electrons. The third kappa shape index (κ3) is 2.31. The molecule has 0 aliphatic rings. The van der Waals surface area contributed by atoms with Gasteiger partial charge in [0.15, 0.2) is 9.84 Å². The molecule has 1 atom stereocenters. The van der Waals surface area contributed by atoms with Crippen molar-refractivity contribution >= 4 is 15.5 Å². The highest BCUT2D eigenvalue weighted by molar-refractivity contribution is 7.92. The number of aryl methyl sites for hydroxylation is 1. The topological polar surface area (TPSA) is 60.2 Å². The molecule has 3 nitrogen and oxygen atoms in total. The fourth-order valence-electron chi connectivity index (χ4n) is 1.28. The highest BCUT2D eigenvalue weighted by atomic mass is 32.2. The van der Waals surface area contributed by atoms with Gasteiger partial charge in [0.1, 0.15) is 0 Å². The van der Waals surface area contributed by atoms with Crippen molar-refractivity contribution in [1.29, 1.82) is 0 Å². The summed E-state index contributed by atoms with van der Waals surface area (Å²) in [5.41, 5.74) is 7.07. The molecule has 0 aromatic heterocycles. The summed E-state index contributed by atoms with van der Waals surface area (Å²) in [6, 6.07) is 4.85. The van der Waals surface area contributed by atoms with Crippen molar-refractivity contribution in [3.63, 3.8) is 0 Å². The van der Waals surface area contributed by atoms with Crippen LogP contribution in [-0.2, 0) is 9.84 Å². The van der Waals surface area contributed by atoms with Crippen molar-refractivity contribution < 1.29 is 8.42 Å². The second-order valence-corrected chi connectivity index (χ2v) is 6.15. The average molecular weight is 227 g/mol. The van der Waals surface area contributed by atoms with E-state index in [0.717, 1.165) is 5.56 Å². The van der Waals surface area contributed by atoms with E-state index >= 15 is 0 Å². The molecule has 0 bridgehead atoms. The van der Waals surface area contributed by atoms with Gasteiger partial charge in [-0.05, 0) is 44.0 Å². The largest absolute Gasteiger partial charge is 0.399 e. The van der Waals surface area contributed by atoms with Gasteiger partial charge in [0, 0.05) is 5.69 Å². The van der Waals surface area contributed by atoms with Gasteiger partial charge in [0.05, 0.1) is 10.1 Å². The number of rotatable bonds is 3. The summed E-state index contributed by atoms with van der Waals surface area (Å²) < 4.78 is 24.0. The van der Waals surface area contributed by atoms with Crippen molar-refractivity contribution in [1.82, 2.24) is 0 Å². The molecule has 0 aliphatic carbocycles. The van der Waals surface area contributed by atoms with Crippen LogP contribution in [-0.4, -0.2) is 13.7 Å². The average Bonchev–Trinajstić information content (AvgIpc) is 2.20. The number of sulfone groups is 1. The molecule has 1 rings (SSSR count). The Bertz CT molecular complexity index is 452. The van der Waals surface area contributed by atoms with Crippen LogP contribution in [0.25, 0.3) is 0 Å². The summed E-state index contributed by atoms with van der Waals surface area (Å²) in [5.74, 6) is 0. The zero-order valence-corrected chi connectivity index (χ0v) is 10.1. The molecule has 0 fully saturated rings. The highest BCUT2D eigenvalue weighted by Crippen LogP contribution is 2.21. The monoisotopic (exact) mass is 227 g/mol. The van der Waals surface area contributed by atoms with Crippen LogP contribution in [0.2, 0.25) is 0 Å². The van der Waals surface area contributed by atoms with Gasteiger partial charge in [-0.25, -0.2) is 8.42 Å². The lowest BCUT2D eigenvalue weighted by molar-refractivity contribution is 0.581. The number of anilines is 1.